The van der Waals surface area contributed by atoms with Crippen LogP contribution in [0, 0.1) is 5.41 Å². The van der Waals surface area contributed by atoms with Crippen LogP contribution in [-0.2, 0) is 4.79 Å². The highest BCUT2D eigenvalue weighted by molar-refractivity contribution is 7.17. The monoisotopic (exact) mass is 269 g/mol. The van der Waals surface area contributed by atoms with Crippen LogP contribution in [0.2, 0.25) is 0 Å². The molecule has 98 valence electrons. The Morgan fingerprint density at radius 2 is 2.33 bits per heavy atom. The Morgan fingerprint density at radius 1 is 1.61 bits per heavy atom. The first-order chi connectivity index (χ1) is 8.42. The Kier molecular flexibility index (Phi) is 3.25. The summed E-state index contributed by atoms with van der Waals surface area (Å²) in [6.45, 7) is 2.49. The van der Waals surface area contributed by atoms with Gasteiger partial charge in [-0.25, -0.2) is 4.98 Å². The van der Waals surface area contributed by atoms with Gasteiger partial charge < -0.3 is 15.7 Å². The lowest BCUT2D eigenvalue weighted by molar-refractivity contribution is -0.150. The number of rotatable bonds is 2. The van der Waals surface area contributed by atoms with E-state index < -0.39 is 11.4 Å². The van der Waals surface area contributed by atoms with E-state index in [4.69, 9.17) is 5.73 Å². The number of anilines is 1. The van der Waals surface area contributed by atoms with E-state index in [2.05, 4.69) is 4.98 Å². The molecule has 0 saturated carbocycles. The number of carboxylic acid groups (broad SMARTS) is 1. The summed E-state index contributed by atoms with van der Waals surface area (Å²) >= 11 is 1.13. The number of likely N-dealkylation sites (tertiary alicyclic amines) is 1. The van der Waals surface area contributed by atoms with Crippen LogP contribution in [0.15, 0.2) is 6.20 Å². The molecule has 1 fully saturated rings. The summed E-state index contributed by atoms with van der Waals surface area (Å²) < 4.78 is 0. The van der Waals surface area contributed by atoms with Gasteiger partial charge in [0.05, 0.1) is 11.6 Å². The lowest BCUT2D eigenvalue weighted by Crippen LogP contribution is -2.48. The zero-order chi connectivity index (χ0) is 13.3. The number of nitrogens with two attached hydrogens (primary N) is 1. The molecule has 6 nitrogen and oxygen atoms in total. The summed E-state index contributed by atoms with van der Waals surface area (Å²) in [4.78, 5) is 29.3. The van der Waals surface area contributed by atoms with E-state index in [1.807, 2.05) is 0 Å². The molecule has 1 aliphatic heterocycles. The van der Waals surface area contributed by atoms with Crippen molar-refractivity contribution >= 4 is 28.3 Å². The second-order valence-electron chi connectivity index (χ2n) is 4.76. The van der Waals surface area contributed by atoms with Gasteiger partial charge in [0.15, 0.2) is 5.13 Å². The van der Waals surface area contributed by atoms with Crippen molar-refractivity contribution in [3.63, 3.8) is 0 Å². The number of nitrogens with zero attached hydrogens (tertiary/aromatic N) is 2. The number of amides is 1. The third-order valence-corrected chi connectivity index (χ3v) is 4.05. The molecule has 1 aromatic rings. The van der Waals surface area contributed by atoms with Crippen LogP contribution in [0.3, 0.4) is 0 Å². The number of carboxylic acids is 1. The number of thiazole rings is 1. The summed E-state index contributed by atoms with van der Waals surface area (Å²) in [6, 6.07) is 0. The smallest absolute Gasteiger partial charge is 0.311 e. The van der Waals surface area contributed by atoms with Crippen molar-refractivity contribution in [2.75, 3.05) is 18.8 Å². The lowest BCUT2D eigenvalue weighted by Gasteiger charge is -2.37. The van der Waals surface area contributed by atoms with E-state index >= 15 is 0 Å². The number of carbonyl (C=O) groups excluding carboxylic acids is 1. The summed E-state index contributed by atoms with van der Waals surface area (Å²) in [7, 11) is 0. The predicted molar refractivity (Wildman–Crippen MR) is 67.4 cm³/mol. The molecule has 3 N–H and O–H groups in total. The summed E-state index contributed by atoms with van der Waals surface area (Å²) in [5.74, 6) is -1.04. The third kappa shape index (κ3) is 2.31. The second-order valence-corrected chi connectivity index (χ2v) is 5.82. The molecule has 1 aromatic heterocycles. The fourth-order valence-corrected chi connectivity index (χ4v) is 2.78. The van der Waals surface area contributed by atoms with Gasteiger partial charge in [-0.05, 0) is 19.8 Å². The molecule has 18 heavy (non-hydrogen) atoms. The molecule has 0 spiro atoms. The van der Waals surface area contributed by atoms with Crippen LogP contribution in [0.1, 0.15) is 29.4 Å². The minimum Gasteiger partial charge on any atom is -0.481 e. The van der Waals surface area contributed by atoms with E-state index in [1.54, 1.807) is 11.8 Å². The number of carbonyl (C=O) groups is 2. The molecule has 1 saturated heterocycles. The standard InChI is InChI=1S/C11H15N3O3S/c1-11(9(16)17)3-2-4-14(6-11)8(15)7-5-13-10(12)18-7/h5H,2-4,6H2,1H3,(H2,12,13)(H,16,17). The van der Waals surface area contributed by atoms with Gasteiger partial charge in [-0.2, -0.15) is 0 Å². The normalized spacial score (nSPS) is 23.9. The summed E-state index contributed by atoms with van der Waals surface area (Å²) in [6.07, 6.45) is 2.73. The van der Waals surface area contributed by atoms with Crippen LogP contribution in [0.5, 0.6) is 0 Å². The van der Waals surface area contributed by atoms with Crippen molar-refractivity contribution < 1.29 is 14.7 Å². The van der Waals surface area contributed by atoms with Gasteiger partial charge in [0.1, 0.15) is 4.88 Å². The largest absolute Gasteiger partial charge is 0.481 e. The van der Waals surface area contributed by atoms with E-state index in [1.165, 1.54) is 6.20 Å². The number of aliphatic carboxylic acids is 1. The first-order valence-electron chi connectivity index (χ1n) is 5.66. The van der Waals surface area contributed by atoms with E-state index in [0.29, 0.717) is 29.4 Å². The highest BCUT2D eigenvalue weighted by Gasteiger charge is 2.39. The number of piperidine rings is 1. The Labute approximate surface area is 108 Å². The van der Waals surface area contributed by atoms with Crippen molar-refractivity contribution in [3.05, 3.63) is 11.1 Å². The van der Waals surface area contributed by atoms with Crippen molar-refractivity contribution in [2.45, 2.75) is 19.8 Å². The highest BCUT2D eigenvalue weighted by Crippen LogP contribution is 2.31. The Hall–Kier alpha value is -1.63. The lowest BCUT2D eigenvalue weighted by atomic mass is 9.82. The maximum Gasteiger partial charge on any atom is 0.311 e. The molecule has 2 rings (SSSR count). The van der Waals surface area contributed by atoms with E-state index in [9.17, 15) is 14.7 Å². The molecular weight excluding hydrogens is 254 g/mol. The number of aromatic nitrogens is 1. The number of nitrogen functional groups attached to an aromatic ring is 1. The van der Waals surface area contributed by atoms with Crippen LogP contribution in [0.4, 0.5) is 5.13 Å². The molecule has 1 atom stereocenters. The zero-order valence-corrected chi connectivity index (χ0v) is 10.9. The molecule has 1 unspecified atom stereocenters. The van der Waals surface area contributed by atoms with Crippen LogP contribution in [-0.4, -0.2) is 40.0 Å². The van der Waals surface area contributed by atoms with Crippen molar-refractivity contribution in [1.82, 2.24) is 9.88 Å². The molecular formula is C11H15N3O3S. The fraction of sp³-hybridized carbons (Fsp3) is 0.545. The van der Waals surface area contributed by atoms with E-state index in [-0.39, 0.29) is 12.5 Å². The third-order valence-electron chi connectivity index (χ3n) is 3.23. The molecule has 0 aromatic carbocycles. The summed E-state index contributed by atoms with van der Waals surface area (Å²) in [5, 5.41) is 9.55. The minimum absolute atomic E-state index is 0.184. The molecule has 0 radical (unpaired) electrons. The Balaban J connectivity index is 2.14. The molecule has 0 aliphatic carbocycles. The van der Waals surface area contributed by atoms with Gasteiger partial charge >= 0.3 is 5.97 Å². The van der Waals surface area contributed by atoms with Crippen molar-refractivity contribution in [3.8, 4) is 0 Å². The average molecular weight is 269 g/mol. The fourth-order valence-electron chi connectivity index (χ4n) is 2.13. The highest BCUT2D eigenvalue weighted by atomic mass is 32.1. The van der Waals surface area contributed by atoms with Crippen LogP contribution in [0.25, 0.3) is 0 Å². The van der Waals surface area contributed by atoms with Crippen LogP contribution >= 0.6 is 11.3 Å². The van der Waals surface area contributed by atoms with Gasteiger partial charge in [0.25, 0.3) is 5.91 Å². The summed E-state index contributed by atoms with van der Waals surface area (Å²) in [5.41, 5.74) is 4.63. The van der Waals surface area contributed by atoms with Gasteiger partial charge in [-0.1, -0.05) is 11.3 Å². The van der Waals surface area contributed by atoms with Gasteiger partial charge in [-0.3, -0.25) is 9.59 Å². The topological polar surface area (TPSA) is 96.5 Å². The molecule has 1 amide bonds. The first kappa shape index (κ1) is 12.8. The molecule has 7 heteroatoms. The van der Waals surface area contributed by atoms with Gasteiger partial charge in [-0.15, -0.1) is 0 Å². The molecule has 1 aliphatic rings. The average Bonchev–Trinajstić information content (AvgIpc) is 2.75. The van der Waals surface area contributed by atoms with E-state index in [0.717, 1.165) is 11.3 Å². The zero-order valence-electron chi connectivity index (χ0n) is 10.0. The second kappa shape index (κ2) is 4.56. The number of hydrogen-bond donors (Lipinski definition) is 2. The maximum absolute atomic E-state index is 12.2. The Bertz CT molecular complexity index is 488. The van der Waals surface area contributed by atoms with Gasteiger partial charge in [0.2, 0.25) is 0 Å². The predicted octanol–water partition coefficient (Wildman–Crippen LogP) is 1.05. The maximum atomic E-state index is 12.2. The number of hydrogen-bond acceptors (Lipinski definition) is 5. The molecule has 2 heterocycles. The minimum atomic E-state index is -0.858. The first-order valence-corrected chi connectivity index (χ1v) is 6.48. The van der Waals surface area contributed by atoms with Crippen molar-refractivity contribution in [1.29, 1.82) is 0 Å². The van der Waals surface area contributed by atoms with Crippen molar-refractivity contribution in [2.24, 2.45) is 5.41 Å². The van der Waals surface area contributed by atoms with Crippen LogP contribution < -0.4 is 5.73 Å². The SMILES string of the molecule is CC1(C(=O)O)CCCN(C(=O)c2cnc(N)s2)C1. The van der Waals surface area contributed by atoms with Gasteiger partial charge in [0, 0.05) is 13.1 Å². The molecule has 0 bridgehead atoms. The quantitative estimate of drug-likeness (QED) is 0.836. The Morgan fingerprint density at radius 3 is 2.89 bits per heavy atom.